The Labute approximate surface area is 106 Å². The highest BCUT2D eigenvalue weighted by molar-refractivity contribution is 5.43. The van der Waals surface area contributed by atoms with E-state index in [2.05, 4.69) is 39.7 Å². The van der Waals surface area contributed by atoms with Gasteiger partial charge < -0.3 is 0 Å². The lowest BCUT2D eigenvalue weighted by molar-refractivity contribution is 0.690. The van der Waals surface area contributed by atoms with Gasteiger partial charge in [0.15, 0.2) is 0 Å². The first-order valence-electron chi connectivity index (χ1n) is 6.57. The molecule has 0 amide bonds. The van der Waals surface area contributed by atoms with Crippen LogP contribution in [0, 0.1) is 40.0 Å². The summed E-state index contributed by atoms with van der Waals surface area (Å²) in [5.74, 6) is 2.70. The lowest BCUT2D eigenvalue weighted by atomic mass is 9.92. The van der Waals surface area contributed by atoms with Gasteiger partial charge in [0.25, 0.3) is 0 Å². The lowest BCUT2D eigenvalue weighted by Crippen LogP contribution is -1.98. The van der Waals surface area contributed by atoms with E-state index in [1.54, 1.807) is 0 Å². The normalized spacial score (nSPS) is 10.3. The number of rotatable bonds is 5. The van der Waals surface area contributed by atoms with Crippen molar-refractivity contribution in [1.29, 1.82) is 0 Å². The predicted octanol–water partition coefficient (Wildman–Crippen LogP) is 4.66. The van der Waals surface area contributed by atoms with Crippen LogP contribution in [-0.4, -0.2) is 0 Å². The zero-order valence-electron chi connectivity index (χ0n) is 11.7. The molecule has 92 valence electrons. The molecule has 0 heterocycles. The monoisotopic (exact) mass is 228 g/mol. The molecule has 0 saturated heterocycles. The maximum absolute atomic E-state index is 5.25. The van der Waals surface area contributed by atoms with Crippen LogP contribution in [-0.2, 0) is 6.42 Å². The Morgan fingerprint density at radius 1 is 0.941 bits per heavy atom. The van der Waals surface area contributed by atoms with Gasteiger partial charge in [0, 0.05) is 6.42 Å². The molecule has 0 atom stereocenters. The Morgan fingerprint density at radius 3 is 2.29 bits per heavy atom. The molecule has 0 aliphatic heterocycles. The number of aryl methyl sites for hydroxylation is 2. The largest absolute Gasteiger partial charge is 0.120 e. The molecular formula is C17H24. The van der Waals surface area contributed by atoms with Crippen LogP contribution >= 0.6 is 0 Å². The molecule has 17 heavy (non-hydrogen) atoms. The third kappa shape index (κ3) is 3.63. The van der Waals surface area contributed by atoms with Crippen molar-refractivity contribution in [3.63, 3.8) is 0 Å². The van der Waals surface area contributed by atoms with Crippen molar-refractivity contribution in [3.05, 3.63) is 33.9 Å². The van der Waals surface area contributed by atoms with Crippen LogP contribution in [0.5, 0.6) is 0 Å². The molecule has 0 spiro atoms. The maximum atomic E-state index is 5.25. The summed E-state index contributed by atoms with van der Waals surface area (Å²) in [5, 5.41) is 0. The van der Waals surface area contributed by atoms with Crippen LogP contribution < -0.4 is 0 Å². The molecular weight excluding hydrogens is 204 g/mol. The van der Waals surface area contributed by atoms with E-state index in [1.165, 1.54) is 53.5 Å². The van der Waals surface area contributed by atoms with Crippen LogP contribution in [0.25, 0.3) is 0 Å². The molecule has 0 nitrogen and oxygen atoms in total. The van der Waals surface area contributed by atoms with E-state index in [4.69, 9.17) is 6.42 Å². The third-order valence-corrected chi connectivity index (χ3v) is 3.86. The standard InChI is InChI=1S/C17H24/c1-6-7-8-9-10-11-17-12-13(2)14(3)15(4)16(17)5/h1,12H,7-11H2,2-5H3. The van der Waals surface area contributed by atoms with E-state index in [0.29, 0.717) is 0 Å². The molecule has 0 fully saturated rings. The van der Waals surface area contributed by atoms with Crippen molar-refractivity contribution < 1.29 is 0 Å². The van der Waals surface area contributed by atoms with Gasteiger partial charge in [-0.05, 0) is 74.8 Å². The van der Waals surface area contributed by atoms with Crippen LogP contribution in [0.4, 0.5) is 0 Å². The molecule has 1 aromatic rings. The summed E-state index contributed by atoms with van der Waals surface area (Å²) in [6, 6.07) is 2.36. The molecule has 0 saturated carbocycles. The highest BCUT2D eigenvalue weighted by atomic mass is 14.1. The second-order valence-electron chi connectivity index (χ2n) is 4.99. The molecule has 0 unspecified atom stereocenters. The molecule has 1 aromatic carbocycles. The minimum absolute atomic E-state index is 0.922. The Bertz CT molecular complexity index is 419. The summed E-state index contributed by atoms with van der Waals surface area (Å²) in [6.07, 6.45) is 11.0. The molecule has 0 N–H and O–H groups in total. The Kier molecular flexibility index (Phi) is 5.29. The van der Waals surface area contributed by atoms with Crippen molar-refractivity contribution in [2.75, 3.05) is 0 Å². The van der Waals surface area contributed by atoms with Crippen LogP contribution in [0.2, 0.25) is 0 Å². The van der Waals surface area contributed by atoms with E-state index in [1.807, 2.05) is 0 Å². The van der Waals surface area contributed by atoms with Crippen LogP contribution in [0.3, 0.4) is 0 Å². The lowest BCUT2D eigenvalue weighted by Gasteiger charge is -2.14. The van der Waals surface area contributed by atoms with Crippen molar-refractivity contribution in [1.82, 2.24) is 0 Å². The summed E-state index contributed by atoms with van der Waals surface area (Å²) >= 11 is 0. The van der Waals surface area contributed by atoms with E-state index >= 15 is 0 Å². The molecule has 0 aliphatic rings. The van der Waals surface area contributed by atoms with Gasteiger partial charge in [-0.1, -0.05) is 12.5 Å². The number of terminal acetylenes is 1. The van der Waals surface area contributed by atoms with Gasteiger partial charge in [0.1, 0.15) is 0 Å². The molecule has 0 aliphatic carbocycles. The molecule has 0 bridgehead atoms. The number of hydrogen-bond acceptors (Lipinski definition) is 0. The van der Waals surface area contributed by atoms with Gasteiger partial charge in [0.05, 0.1) is 0 Å². The molecule has 0 radical (unpaired) electrons. The fraction of sp³-hybridized carbons (Fsp3) is 0.529. The first-order valence-corrected chi connectivity index (χ1v) is 6.57. The third-order valence-electron chi connectivity index (χ3n) is 3.86. The van der Waals surface area contributed by atoms with Crippen molar-refractivity contribution >= 4 is 0 Å². The highest BCUT2D eigenvalue weighted by Gasteiger charge is 2.06. The summed E-state index contributed by atoms with van der Waals surface area (Å²) < 4.78 is 0. The van der Waals surface area contributed by atoms with Crippen LogP contribution in [0.15, 0.2) is 6.07 Å². The van der Waals surface area contributed by atoms with Gasteiger partial charge in [-0.2, -0.15) is 0 Å². The number of benzene rings is 1. The van der Waals surface area contributed by atoms with Crippen molar-refractivity contribution in [3.8, 4) is 12.3 Å². The van der Waals surface area contributed by atoms with E-state index in [9.17, 15) is 0 Å². The Balaban J connectivity index is 2.63. The predicted molar refractivity (Wildman–Crippen MR) is 76.4 cm³/mol. The van der Waals surface area contributed by atoms with Gasteiger partial charge in [-0.25, -0.2) is 0 Å². The average molecular weight is 228 g/mol. The first kappa shape index (κ1) is 13.8. The summed E-state index contributed by atoms with van der Waals surface area (Å²) in [7, 11) is 0. The number of unbranched alkanes of at least 4 members (excludes halogenated alkanes) is 3. The molecule has 0 heteroatoms. The summed E-state index contributed by atoms with van der Waals surface area (Å²) in [5.41, 5.74) is 7.32. The summed E-state index contributed by atoms with van der Waals surface area (Å²) in [4.78, 5) is 0. The van der Waals surface area contributed by atoms with Gasteiger partial charge in [-0.15, -0.1) is 12.3 Å². The Morgan fingerprint density at radius 2 is 1.65 bits per heavy atom. The quantitative estimate of drug-likeness (QED) is 0.508. The fourth-order valence-electron chi connectivity index (χ4n) is 2.27. The second kappa shape index (κ2) is 6.50. The van der Waals surface area contributed by atoms with Gasteiger partial charge in [-0.3, -0.25) is 0 Å². The topological polar surface area (TPSA) is 0 Å². The van der Waals surface area contributed by atoms with Crippen molar-refractivity contribution in [2.45, 2.75) is 59.8 Å². The highest BCUT2D eigenvalue weighted by Crippen LogP contribution is 2.22. The Hall–Kier alpha value is -1.22. The zero-order chi connectivity index (χ0) is 12.8. The smallest absolute Gasteiger partial charge is 0.00860 e. The van der Waals surface area contributed by atoms with E-state index in [0.717, 1.165) is 6.42 Å². The average Bonchev–Trinajstić information content (AvgIpc) is 2.32. The molecule has 0 aromatic heterocycles. The minimum atomic E-state index is 0.922. The van der Waals surface area contributed by atoms with E-state index < -0.39 is 0 Å². The fourth-order valence-corrected chi connectivity index (χ4v) is 2.27. The van der Waals surface area contributed by atoms with Crippen LogP contribution in [0.1, 0.15) is 53.5 Å². The number of hydrogen-bond donors (Lipinski definition) is 0. The van der Waals surface area contributed by atoms with E-state index in [-0.39, 0.29) is 0 Å². The minimum Gasteiger partial charge on any atom is -0.120 e. The first-order chi connectivity index (χ1) is 8.07. The van der Waals surface area contributed by atoms with Gasteiger partial charge >= 0.3 is 0 Å². The second-order valence-corrected chi connectivity index (χ2v) is 4.99. The zero-order valence-corrected chi connectivity index (χ0v) is 11.7. The summed E-state index contributed by atoms with van der Waals surface area (Å²) in [6.45, 7) is 8.91. The van der Waals surface area contributed by atoms with Gasteiger partial charge in [0.2, 0.25) is 0 Å². The van der Waals surface area contributed by atoms with Crippen molar-refractivity contribution in [2.24, 2.45) is 0 Å². The molecule has 1 rings (SSSR count). The maximum Gasteiger partial charge on any atom is 0.00860 e. The SMILES string of the molecule is C#CCCCCCc1cc(C)c(C)c(C)c1C.